The van der Waals surface area contributed by atoms with Crippen LogP contribution in [0.5, 0.6) is 0 Å². The standard InChI is InChI=1S/C6H3Cl2.2BrH.Mg/c7-5-3-1-2-4-6(5)8;;;/h1,3-4H;2*1H;/q;;;+2/p-2. The van der Waals surface area contributed by atoms with Crippen LogP contribution in [0, 0.1) is 6.07 Å². The summed E-state index contributed by atoms with van der Waals surface area (Å²) in [4.78, 5) is 0. The van der Waals surface area contributed by atoms with Crippen molar-refractivity contribution in [3.63, 3.8) is 0 Å². The largest absolute Gasteiger partial charge is 0.560 e. The summed E-state index contributed by atoms with van der Waals surface area (Å²) < 4.78 is 0. The van der Waals surface area contributed by atoms with Crippen LogP contribution in [0.2, 0.25) is 10.0 Å². The van der Waals surface area contributed by atoms with Gasteiger partial charge < -0.3 is 0 Å². The van der Waals surface area contributed by atoms with Crippen LogP contribution in [0.3, 0.4) is 0 Å². The van der Waals surface area contributed by atoms with Crippen LogP contribution in [-0.2, 0) is 0 Å². The second-order valence-electron chi connectivity index (χ2n) is 1.44. The minimum atomic E-state index is 0.0417. The highest BCUT2D eigenvalue weighted by Crippen LogP contribution is 2.18. The molecule has 0 aliphatic carbocycles. The first-order valence-corrected chi connectivity index (χ1v) is 11.2. The van der Waals surface area contributed by atoms with Crippen molar-refractivity contribution < 1.29 is 0 Å². The molecule has 0 amide bonds. The Morgan fingerprint density at radius 2 is 1.82 bits per heavy atom. The minimum absolute atomic E-state index is 0.0417. The van der Waals surface area contributed by atoms with Gasteiger partial charge in [0.1, 0.15) is 0 Å². The van der Waals surface area contributed by atoms with E-state index in [-0.39, 0.29) is 16.0 Å². The molecule has 0 saturated carbocycles. The van der Waals surface area contributed by atoms with Gasteiger partial charge in [-0.3, -0.25) is 25.8 Å². The van der Waals surface area contributed by atoms with Crippen LogP contribution < -0.4 is 0 Å². The lowest BCUT2D eigenvalue weighted by Crippen LogP contribution is -1.63. The van der Waals surface area contributed by atoms with Crippen molar-refractivity contribution in [2.45, 2.75) is 0 Å². The highest BCUT2D eigenvalue weighted by molar-refractivity contribution is 9.47. The maximum absolute atomic E-state index is 5.56. The fraction of sp³-hybridized carbons (Fsp3) is 0. The van der Waals surface area contributed by atoms with Crippen LogP contribution >= 0.6 is 49.0 Å². The summed E-state index contributed by atoms with van der Waals surface area (Å²) in [5, 5.41) is 1.12. The third kappa shape index (κ3) is 6.67. The average molecular weight is 330 g/mol. The number of halogens is 4. The van der Waals surface area contributed by atoms with Gasteiger partial charge in [0.2, 0.25) is 0 Å². The predicted molar refractivity (Wildman–Crippen MR) is 58.9 cm³/mol. The van der Waals surface area contributed by atoms with Gasteiger partial charge in [-0.05, 0) is 18.2 Å². The monoisotopic (exact) mass is 327 g/mol. The van der Waals surface area contributed by atoms with Crippen LogP contribution in [0.15, 0.2) is 18.2 Å². The molecule has 0 aromatic heterocycles. The molecule has 1 radical (unpaired) electrons. The van der Waals surface area contributed by atoms with Crippen molar-refractivity contribution in [1.29, 1.82) is 0 Å². The van der Waals surface area contributed by atoms with E-state index in [1.54, 1.807) is 18.2 Å². The lowest BCUT2D eigenvalue weighted by Gasteiger charge is -1.87. The van der Waals surface area contributed by atoms with Gasteiger partial charge in [0.05, 0.1) is 10.0 Å². The molecule has 0 unspecified atom stereocenters. The molecule has 11 heavy (non-hydrogen) atoms. The molecule has 0 heterocycles. The van der Waals surface area contributed by atoms with E-state index in [0.29, 0.717) is 10.0 Å². The van der Waals surface area contributed by atoms with E-state index in [9.17, 15) is 0 Å². The van der Waals surface area contributed by atoms with Gasteiger partial charge in [-0.2, -0.15) is 0 Å². The van der Waals surface area contributed by atoms with Gasteiger partial charge in [0.25, 0.3) is 0 Å². The van der Waals surface area contributed by atoms with Crippen LogP contribution in [0.4, 0.5) is 0 Å². The Bertz CT molecular complexity index is 187. The number of hydrogen-bond donors (Lipinski definition) is 0. The lowest BCUT2D eigenvalue weighted by molar-refractivity contribution is 1.69. The zero-order chi connectivity index (χ0) is 8.69. The molecule has 1 rings (SSSR count). The van der Waals surface area contributed by atoms with Crippen molar-refractivity contribution in [3.8, 4) is 0 Å². The van der Waals surface area contributed by atoms with Crippen molar-refractivity contribution in [3.05, 3.63) is 34.3 Å². The van der Waals surface area contributed by atoms with Crippen molar-refractivity contribution in [1.82, 2.24) is 0 Å². The van der Waals surface area contributed by atoms with E-state index in [2.05, 4.69) is 31.8 Å². The van der Waals surface area contributed by atoms with Gasteiger partial charge in [0, 0.05) is 0 Å². The number of hydrogen-bond acceptors (Lipinski definition) is 0. The summed E-state index contributed by atoms with van der Waals surface area (Å²) in [6.45, 7) is 0. The second-order valence-corrected chi connectivity index (χ2v) is 10.3. The summed E-state index contributed by atoms with van der Waals surface area (Å²) in [6.07, 6.45) is 0. The third-order valence-corrected chi connectivity index (χ3v) is 1.50. The van der Waals surface area contributed by atoms with E-state index in [1.807, 2.05) is 0 Å². The lowest BCUT2D eigenvalue weighted by atomic mass is 10.4. The summed E-state index contributed by atoms with van der Waals surface area (Å²) in [5.74, 6) is 0. The molecule has 0 fully saturated rings. The normalized spacial score (nSPS) is 7.64. The first-order chi connectivity index (χ1) is 5.22. The summed E-state index contributed by atoms with van der Waals surface area (Å²) in [5.41, 5.74) is 0. The van der Waals surface area contributed by atoms with E-state index in [0.717, 1.165) is 0 Å². The topological polar surface area (TPSA) is 0 Å². The molecule has 57 valence electrons. The molecule has 0 saturated heterocycles. The first kappa shape index (κ1) is 12.5. The van der Waals surface area contributed by atoms with Crippen LogP contribution in [0.1, 0.15) is 0 Å². The zero-order valence-corrected chi connectivity index (χ0v) is 11.5. The number of rotatable bonds is 0. The van der Waals surface area contributed by atoms with Crippen LogP contribution in [0.25, 0.3) is 0 Å². The molecule has 0 nitrogen and oxygen atoms in total. The van der Waals surface area contributed by atoms with Gasteiger partial charge in [-0.25, -0.2) is 0 Å². The maximum atomic E-state index is 5.56. The molecule has 0 aliphatic heterocycles. The quantitative estimate of drug-likeness (QED) is 0.628. The van der Waals surface area contributed by atoms with Crippen LogP contribution in [-0.4, -0.2) is 16.0 Å². The van der Waals surface area contributed by atoms with Gasteiger partial charge in [-0.1, -0.05) is 29.3 Å². The molecule has 5 heteroatoms. The molecule has 0 bridgehead atoms. The van der Waals surface area contributed by atoms with Gasteiger partial charge in [-0.15, -0.1) is 0 Å². The molecule has 0 spiro atoms. The SMILES string of the molecule is Clc1c[c]ccc1Cl.[Br][Mg][Br]. The third-order valence-electron chi connectivity index (χ3n) is 0.764. The summed E-state index contributed by atoms with van der Waals surface area (Å²) in [6, 6.07) is 7.83. The highest BCUT2D eigenvalue weighted by atomic mass is 79.9. The molecule has 0 aliphatic rings. The van der Waals surface area contributed by atoms with Gasteiger partial charge >= 0.3 is 16.0 Å². The Labute approximate surface area is 98.1 Å². The first-order valence-electron chi connectivity index (χ1n) is 2.65. The predicted octanol–water partition coefficient (Wildman–Crippen LogP) is 4.10. The Kier molecular flexibility index (Phi) is 9.27. The molecule has 1 aromatic carbocycles. The van der Waals surface area contributed by atoms with E-state index in [4.69, 9.17) is 23.2 Å². The second kappa shape index (κ2) is 8.14. The smallest absolute Gasteiger partial charge is 0.280 e. The fourth-order valence-electron chi connectivity index (χ4n) is 0.391. The van der Waals surface area contributed by atoms with E-state index in [1.165, 1.54) is 0 Å². The Hall–Kier alpha value is 1.53. The Morgan fingerprint density at radius 3 is 2.09 bits per heavy atom. The Morgan fingerprint density at radius 1 is 1.27 bits per heavy atom. The summed E-state index contributed by atoms with van der Waals surface area (Å²) in [7, 11) is 0. The average Bonchev–Trinajstić information content (AvgIpc) is 1.97. The van der Waals surface area contributed by atoms with E-state index >= 15 is 0 Å². The fourth-order valence-corrected chi connectivity index (χ4v) is 0.635. The maximum Gasteiger partial charge on any atom is 0.560 e. The molecule has 0 atom stereocenters. The van der Waals surface area contributed by atoms with Crippen molar-refractivity contribution in [2.75, 3.05) is 0 Å². The zero-order valence-electron chi connectivity index (χ0n) is 5.45. The molecule has 1 aromatic rings. The summed E-state index contributed by atoms with van der Waals surface area (Å²) >= 11 is 17.5. The van der Waals surface area contributed by atoms with Crippen molar-refractivity contribution >= 4 is 65.0 Å². The minimum Gasteiger partial charge on any atom is -0.280 e. The van der Waals surface area contributed by atoms with Gasteiger partial charge in [0.15, 0.2) is 0 Å². The number of benzene rings is 1. The van der Waals surface area contributed by atoms with Crippen molar-refractivity contribution in [2.24, 2.45) is 0 Å². The van der Waals surface area contributed by atoms with E-state index < -0.39 is 0 Å². The molecule has 0 N–H and O–H groups in total. The highest BCUT2D eigenvalue weighted by Gasteiger charge is 1.89. The molecular weight excluding hydrogens is 327 g/mol. The molecular formula is C6H3Br2Cl2Mg. The Balaban J connectivity index is 0.000000292.